The largest absolute Gasteiger partial charge is 0.374 e. The normalized spacial score (nSPS) is 30.6. The molecule has 102 valence electrons. The summed E-state index contributed by atoms with van der Waals surface area (Å²) in [6, 6.07) is 10.1. The summed E-state index contributed by atoms with van der Waals surface area (Å²) in [6.07, 6.45) is 3.53. The van der Waals surface area contributed by atoms with Crippen molar-refractivity contribution in [2.75, 3.05) is 18.1 Å². The van der Waals surface area contributed by atoms with Crippen LogP contribution in [-0.4, -0.2) is 29.5 Å². The van der Waals surface area contributed by atoms with Crippen LogP contribution in [0.2, 0.25) is 0 Å². The summed E-state index contributed by atoms with van der Waals surface area (Å²) in [5.74, 6) is 2.85. The number of hydrogen-bond donors (Lipinski definition) is 0. The predicted octanol–water partition coefficient (Wildman–Crippen LogP) is 3.10. The standard InChI is InChI=1S/C16H20O2S/c17-15(10-13-4-2-1-3-5-13)14-6-8-18-16(11-14)7-9-19-12-16/h1-5,14H,6-12H2. The molecular weight excluding hydrogens is 256 g/mol. The van der Waals surface area contributed by atoms with Crippen molar-refractivity contribution in [2.45, 2.75) is 31.3 Å². The molecule has 0 aliphatic carbocycles. The fourth-order valence-electron chi connectivity index (χ4n) is 3.11. The van der Waals surface area contributed by atoms with E-state index >= 15 is 0 Å². The Hall–Kier alpha value is -0.800. The van der Waals surface area contributed by atoms with Crippen molar-refractivity contribution in [2.24, 2.45) is 5.92 Å². The van der Waals surface area contributed by atoms with Crippen molar-refractivity contribution in [3.8, 4) is 0 Å². The molecule has 1 spiro atoms. The molecule has 0 bridgehead atoms. The summed E-state index contributed by atoms with van der Waals surface area (Å²) < 4.78 is 5.98. The van der Waals surface area contributed by atoms with E-state index in [2.05, 4.69) is 0 Å². The average Bonchev–Trinajstić information content (AvgIpc) is 2.88. The van der Waals surface area contributed by atoms with Gasteiger partial charge in [0.25, 0.3) is 0 Å². The number of rotatable bonds is 3. The highest BCUT2D eigenvalue weighted by molar-refractivity contribution is 7.99. The highest BCUT2D eigenvalue weighted by atomic mass is 32.2. The quantitative estimate of drug-likeness (QED) is 0.848. The zero-order valence-corrected chi connectivity index (χ0v) is 12.0. The van der Waals surface area contributed by atoms with Crippen molar-refractivity contribution in [3.63, 3.8) is 0 Å². The van der Waals surface area contributed by atoms with Gasteiger partial charge in [0.2, 0.25) is 0 Å². The van der Waals surface area contributed by atoms with Gasteiger partial charge < -0.3 is 4.74 Å². The Kier molecular flexibility index (Phi) is 3.94. The van der Waals surface area contributed by atoms with Gasteiger partial charge in [-0.1, -0.05) is 30.3 Å². The molecule has 0 radical (unpaired) electrons. The molecular formula is C16H20O2S. The summed E-state index contributed by atoms with van der Waals surface area (Å²) in [4.78, 5) is 12.4. The van der Waals surface area contributed by atoms with E-state index in [0.29, 0.717) is 12.2 Å². The summed E-state index contributed by atoms with van der Waals surface area (Å²) in [7, 11) is 0. The third-order valence-corrected chi connectivity index (χ3v) is 5.46. The Labute approximate surface area is 118 Å². The molecule has 2 fully saturated rings. The summed E-state index contributed by atoms with van der Waals surface area (Å²) in [5, 5.41) is 0. The molecule has 2 atom stereocenters. The predicted molar refractivity (Wildman–Crippen MR) is 78.5 cm³/mol. The second kappa shape index (κ2) is 5.68. The maximum Gasteiger partial charge on any atom is 0.140 e. The van der Waals surface area contributed by atoms with Crippen LogP contribution in [0.25, 0.3) is 0 Å². The number of benzene rings is 1. The molecule has 2 saturated heterocycles. The van der Waals surface area contributed by atoms with Crippen LogP contribution in [0.3, 0.4) is 0 Å². The van der Waals surface area contributed by atoms with E-state index in [1.54, 1.807) is 0 Å². The Morgan fingerprint density at radius 3 is 2.95 bits per heavy atom. The van der Waals surface area contributed by atoms with Gasteiger partial charge in [0.15, 0.2) is 0 Å². The van der Waals surface area contributed by atoms with Crippen molar-refractivity contribution in [3.05, 3.63) is 35.9 Å². The van der Waals surface area contributed by atoms with E-state index in [1.165, 1.54) is 5.75 Å². The third-order valence-electron chi connectivity index (χ3n) is 4.24. The molecule has 2 nitrogen and oxygen atoms in total. The zero-order chi connectivity index (χ0) is 13.1. The number of carbonyl (C=O) groups excluding carboxylic acids is 1. The lowest BCUT2D eigenvalue weighted by molar-refractivity contribution is -0.133. The first-order valence-electron chi connectivity index (χ1n) is 7.06. The summed E-state index contributed by atoms with van der Waals surface area (Å²) >= 11 is 1.96. The van der Waals surface area contributed by atoms with Crippen molar-refractivity contribution >= 4 is 17.5 Å². The summed E-state index contributed by atoms with van der Waals surface area (Å²) in [6.45, 7) is 0.756. The molecule has 2 heterocycles. The molecule has 0 N–H and O–H groups in total. The zero-order valence-electron chi connectivity index (χ0n) is 11.1. The second-order valence-electron chi connectivity index (χ2n) is 5.65. The van der Waals surface area contributed by atoms with Crippen LogP contribution in [0.15, 0.2) is 30.3 Å². The number of carbonyl (C=O) groups is 1. The van der Waals surface area contributed by atoms with Crippen LogP contribution in [0.5, 0.6) is 0 Å². The average molecular weight is 276 g/mol. The Morgan fingerprint density at radius 2 is 2.21 bits per heavy atom. The van der Waals surface area contributed by atoms with Crippen molar-refractivity contribution in [1.82, 2.24) is 0 Å². The van der Waals surface area contributed by atoms with Gasteiger partial charge in [-0.25, -0.2) is 0 Å². The van der Waals surface area contributed by atoms with Crippen molar-refractivity contribution < 1.29 is 9.53 Å². The highest BCUT2D eigenvalue weighted by Gasteiger charge is 2.42. The van der Waals surface area contributed by atoms with Crippen molar-refractivity contribution in [1.29, 1.82) is 0 Å². The van der Waals surface area contributed by atoms with Gasteiger partial charge in [-0.15, -0.1) is 0 Å². The van der Waals surface area contributed by atoms with Crippen LogP contribution < -0.4 is 0 Å². The first kappa shape index (κ1) is 13.2. The maximum absolute atomic E-state index is 12.4. The SMILES string of the molecule is O=C(Cc1ccccc1)C1CCOC2(CCSC2)C1. The van der Waals surface area contributed by atoms with Gasteiger partial charge in [0.05, 0.1) is 5.60 Å². The number of hydrogen-bond acceptors (Lipinski definition) is 3. The monoisotopic (exact) mass is 276 g/mol. The minimum absolute atomic E-state index is 0.0138. The third kappa shape index (κ3) is 3.03. The Morgan fingerprint density at radius 1 is 1.37 bits per heavy atom. The Bertz CT molecular complexity index is 437. The van der Waals surface area contributed by atoms with E-state index in [4.69, 9.17) is 4.74 Å². The van der Waals surface area contributed by atoms with Gasteiger partial charge in [-0.3, -0.25) is 4.79 Å². The van der Waals surface area contributed by atoms with E-state index < -0.39 is 0 Å². The first-order chi connectivity index (χ1) is 9.27. The molecule has 2 unspecified atom stereocenters. The molecule has 1 aromatic carbocycles. The molecule has 2 aliphatic heterocycles. The number of ether oxygens (including phenoxy) is 1. The molecule has 0 amide bonds. The van der Waals surface area contributed by atoms with Crippen LogP contribution in [0.4, 0.5) is 0 Å². The minimum Gasteiger partial charge on any atom is -0.374 e. The molecule has 1 aromatic rings. The maximum atomic E-state index is 12.4. The van der Waals surface area contributed by atoms with Crippen LogP contribution in [-0.2, 0) is 16.0 Å². The van der Waals surface area contributed by atoms with Crippen LogP contribution in [0.1, 0.15) is 24.8 Å². The molecule has 0 aromatic heterocycles. The van der Waals surface area contributed by atoms with Gasteiger partial charge in [0, 0.05) is 24.7 Å². The topological polar surface area (TPSA) is 26.3 Å². The molecule has 0 saturated carbocycles. The van der Waals surface area contributed by atoms with E-state index in [1.807, 2.05) is 42.1 Å². The lowest BCUT2D eigenvalue weighted by Crippen LogP contribution is -2.42. The number of thioether (sulfide) groups is 1. The fourth-order valence-corrected chi connectivity index (χ4v) is 4.49. The highest BCUT2D eigenvalue weighted by Crippen LogP contribution is 2.40. The fraction of sp³-hybridized carbons (Fsp3) is 0.562. The second-order valence-corrected chi connectivity index (χ2v) is 6.76. The Balaban J connectivity index is 1.63. The lowest BCUT2D eigenvalue weighted by Gasteiger charge is -2.37. The van der Waals surface area contributed by atoms with E-state index in [9.17, 15) is 4.79 Å². The minimum atomic E-state index is 0.0138. The summed E-state index contributed by atoms with van der Waals surface area (Å²) in [5.41, 5.74) is 1.15. The first-order valence-corrected chi connectivity index (χ1v) is 8.21. The molecule has 2 aliphatic rings. The van der Waals surface area contributed by atoms with Gasteiger partial charge in [-0.2, -0.15) is 11.8 Å². The van der Waals surface area contributed by atoms with Crippen LogP contribution in [0, 0.1) is 5.92 Å². The smallest absolute Gasteiger partial charge is 0.140 e. The number of Topliss-reactive ketones (excluding diaryl/α,β-unsaturated/α-hetero) is 1. The number of ketones is 1. The van der Waals surface area contributed by atoms with E-state index in [0.717, 1.165) is 37.2 Å². The van der Waals surface area contributed by atoms with Gasteiger partial charge in [-0.05, 0) is 30.6 Å². The van der Waals surface area contributed by atoms with Gasteiger partial charge in [0.1, 0.15) is 5.78 Å². The van der Waals surface area contributed by atoms with Gasteiger partial charge >= 0.3 is 0 Å². The lowest BCUT2D eigenvalue weighted by atomic mass is 9.81. The molecule has 19 heavy (non-hydrogen) atoms. The van der Waals surface area contributed by atoms with E-state index in [-0.39, 0.29) is 11.5 Å². The van der Waals surface area contributed by atoms with Crippen LogP contribution >= 0.6 is 11.8 Å². The molecule has 3 heteroatoms. The molecule has 3 rings (SSSR count).